The number of rotatable bonds is 5. The minimum Gasteiger partial charge on any atom is -0.379 e. The summed E-state index contributed by atoms with van der Waals surface area (Å²) in [5.41, 5.74) is 3.04. The van der Waals surface area contributed by atoms with Gasteiger partial charge in [0.05, 0.1) is 35.7 Å². The second-order valence-corrected chi connectivity index (χ2v) is 10.2. The Kier molecular flexibility index (Phi) is 5.37. The second-order valence-electron chi connectivity index (χ2n) is 8.21. The molecule has 9 heteroatoms. The summed E-state index contributed by atoms with van der Waals surface area (Å²) in [7, 11) is -3.54. The van der Waals surface area contributed by atoms with Gasteiger partial charge in [-0.1, -0.05) is 0 Å². The average Bonchev–Trinajstić information content (AvgIpc) is 3.40. The van der Waals surface area contributed by atoms with E-state index in [1.807, 2.05) is 6.07 Å². The van der Waals surface area contributed by atoms with Crippen LogP contribution < -0.4 is 0 Å². The van der Waals surface area contributed by atoms with Gasteiger partial charge in [-0.2, -0.15) is 4.31 Å². The van der Waals surface area contributed by atoms with E-state index in [9.17, 15) is 8.42 Å². The van der Waals surface area contributed by atoms with E-state index < -0.39 is 10.0 Å². The van der Waals surface area contributed by atoms with Crippen LogP contribution >= 0.6 is 0 Å². The average molecular weight is 444 g/mol. The summed E-state index contributed by atoms with van der Waals surface area (Å²) in [5.74, 6) is 0.977. The molecule has 3 aromatic rings. The zero-order valence-electron chi connectivity index (χ0n) is 18.1. The first-order valence-electron chi connectivity index (χ1n) is 10.9. The van der Waals surface area contributed by atoms with Crippen molar-refractivity contribution >= 4 is 21.1 Å². The van der Waals surface area contributed by atoms with Crippen LogP contribution in [0.2, 0.25) is 0 Å². The molecule has 0 N–H and O–H groups in total. The number of hydrogen-bond acceptors (Lipinski definition) is 5. The second kappa shape index (κ2) is 8.05. The van der Waals surface area contributed by atoms with Crippen LogP contribution in [0.5, 0.6) is 0 Å². The molecule has 1 aromatic carbocycles. The van der Waals surface area contributed by atoms with Crippen LogP contribution in [-0.4, -0.2) is 64.6 Å². The third kappa shape index (κ3) is 3.59. The van der Waals surface area contributed by atoms with E-state index in [0.717, 1.165) is 43.0 Å². The van der Waals surface area contributed by atoms with Crippen LogP contribution in [0.1, 0.15) is 31.4 Å². The largest absolute Gasteiger partial charge is 0.379 e. The standard InChI is InChI=1S/C22H29N5O3S/c1-3-27-21-7-6-18(31(28,29)26-11-13-30-14-12-26)15-19(21)23-22(27)16-25-10-9-24-8-4-5-20(24)17(25)2/h4-8,15,17H,3,9-14,16H2,1-2H3. The van der Waals surface area contributed by atoms with Gasteiger partial charge in [-0.15, -0.1) is 0 Å². The van der Waals surface area contributed by atoms with Crippen molar-refractivity contribution in [2.75, 3.05) is 32.8 Å². The normalized spacial score (nSPS) is 20.9. The van der Waals surface area contributed by atoms with Gasteiger partial charge in [0.1, 0.15) is 5.82 Å². The van der Waals surface area contributed by atoms with Crippen molar-refractivity contribution < 1.29 is 13.2 Å². The molecule has 5 rings (SSSR count). The highest BCUT2D eigenvalue weighted by Gasteiger charge is 2.28. The van der Waals surface area contributed by atoms with Gasteiger partial charge in [0.2, 0.25) is 10.0 Å². The van der Waals surface area contributed by atoms with E-state index in [-0.39, 0.29) is 0 Å². The fourth-order valence-corrected chi connectivity index (χ4v) is 6.18. The Morgan fingerprint density at radius 2 is 1.94 bits per heavy atom. The maximum atomic E-state index is 13.1. The number of fused-ring (bicyclic) bond motifs is 2. The van der Waals surface area contributed by atoms with Crippen LogP contribution in [0.15, 0.2) is 41.4 Å². The molecule has 2 aromatic heterocycles. The van der Waals surface area contributed by atoms with E-state index in [1.54, 1.807) is 12.1 Å². The number of sulfonamides is 1. The molecule has 8 nitrogen and oxygen atoms in total. The van der Waals surface area contributed by atoms with Gasteiger partial charge in [-0.3, -0.25) is 4.90 Å². The quantitative estimate of drug-likeness (QED) is 0.606. The molecule has 4 heterocycles. The number of benzene rings is 1. The topological polar surface area (TPSA) is 72.6 Å². The van der Waals surface area contributed by atoms with E-state index in [4.69, 9.17) is 9.72 Å². The third-order valence-corrected chi connectivity index (χ3v) is 8.43. The summed E-state index contributed by atoms with van der Waals surface area (Å²) in [6.07, 6.45) is 2.14. The highest BCUT2D eigenvalue weighted by Crippen LogP contribution is 2.29. The fourth-order valence-electron chi connectivity index (χ4n) is 4.75. The molecule has 31 heavy (non-hydrogen) atoms. The predicted molar refractivity (Wildman–Crippen MR) is 118 cm³/mol. The molecule has 2 aliphatic rings. The molecule has 0 radical (unpaired) electrons. The van der Waals surface area contributed by atoms with Crippen LogP contribution in [0, 0.1) is 0 Å². The van der Waals surface area contributed by atoms with Gasteiger partial charge in [-0.05, 0) is 44.2 Å². The zero-order chi connectivity index (χ0) is 21.6. The molecule has 0 saturated carbocycles. The number of aromatic nitrogens is 3. The predicted octanol–water partition coefficient (Wildman–Crippen LogP) is 2.46. The molecule has 166 valence electrons. The highest BCUT2D eigenvalue weighted by atomic mass is 32.2. The first kappa shape index (κ1) is 20.7. The third-order valence-electron chi connectivity index (χ3n) is 6.54. The molecule has 1 fully saturated rings. The minimum absolute atomic E-state index is 0.304. The minimum atomic E-state index is -3.54. The lowest BCUT2D eigenvalue weighted by Crippen LogP contribution is -2.40. The van der Waals surface area contributed by atoms with Crippen molar-refractivity contribution in [1.82, 2.24) is 23.3 Å². The van der Waals surface area contributed by atoms with Gasteiger partial charge in [0.15, 0.2) is 0 Å². The number of nitrogens with zero attached hydrogens (tertiary/aromatic N) is 5. The van der Waals surface area contributed by atoms with Crippen molar-refractivity contribution in [1.29, 1.82) is 0 Å². The molecule has 2 aliphatic heterocycles. The lowest BCUT2D eigenvalue weighted by Gasteiger charge is -2.34. The van der Waals surface area contributed by atoms with Gasteiger partial charge >= 0.3 is 0 Å². The van der Waals surface area contributed by atoms with Crippen molar-refractivity contribution in [2.24, 2.45) is 0 Å². The van der Waals surface area contributed by atoms with E-state index in [1.165, 1.54) is 10.00 Å². The lowest BCUT2D eigenvalue weighted by molar-refractivity contribution is 0.0730. The van der Waals surface area contributed by atoms with Crippen LogP contribution in [0.25, 0.3) is 11.0 Å². The van der Waals surface area contributed by atoms with Gasteiger partial charge in [0, 0.05) is 50.7 Å². The summed E-state index contributed by atoms with van der Waals surface area (Å²) in [6.45, 7) is 9.46. The highest BCUT2D eigenvalue weighted by molar-refractivity contribution is 7.89. The molecular formula is C22H29N5O3S. The lowest BCUT2D eigenvalue weighted by atomic mass is 10.1. The summed E-state index contributed by atoms with van der Waals surface area (Å²) in [5, 5.41) is 0. The molecule has 0 amide bonds. The van der Waals surface area contributed by atoms with E-state index in [0.29, 0.717) is 37.2 Å². The van der Waals surface area contributed by atoms with Crippen molar-refractivity contribution in [3.8, 4) is 0 Å². The Morgan fingerprint density at radius 1 is 1.13 bits per heavy atom. The number of imidazole rings is 1. The SMILES string of the molecule is CCn1c(CN2CCn3cccc3C2C)nc2cc(S(=O)(=O)N3CCOCC3)ccc21. The smallest absolute Gasteiger partial charge is 0.243 e. The first-order chi connectivity index (χ1) is 15.0. The molecule has 0 bridgehead atoms. The number of aryl methyl sites for hydroxylation is 1. The maximum Gasteiger partial charge on any atom is 0.243 e. The molecule has 1 unspecified atom stereocenters. The fraction of sp³-hybridized carbons (Fsp3) is 0.500. The summed E-state index contributed by atoms with van der Waals surface area (Å²) < 4.78 is 37.4. The molecule has 0 spiro atoms. The molecule has 1 saturated heterocycles. The van der Waals surface area contributed by atoms with Crippen LogP contribution in [0.4, 0.5) is 0 Å². The maximum absolute atomic E-state index is 13.1. The van der Waals surface area contributed by atoms with E-state index in [2.05, 4.69) is 46.2 Å². The number of hydrogen-bond donors (Lipinski definition) is 0. The van der Waals surface area contributed by atoms with Gasteiger partial charge in [0.25, 0.3) is 0 Å². The zero-order valence-corrected chi connectivity index (χ0v) is 18.9. The van der Waals surface area contributed by atoms with Crippen molar-refractivity contribution in [3.63, 3.8) is 0 Å². The van der Waals surface area contributed by atoms with Crippen molar-refractivity contribution in [3.05, 3.63) is 48.0 Å². The Labute approximate surface area is 183 Å². The monoisotopic (exact) mass is 443 g/mol. The van der Waals surface area contributed by atoms with Crippen molar-refractivity contribution in [2.45, 2.75) is 44.4 Å². The van der Waals surface area contributed by atoms with E-state index >= 15 is 0 Å². The summed E-state index contributed by atoms with van der Waals surface area (Å²) >= 11 is 0. The van der Waals surface area contributed by atoms with Crippen LogP contribution in [0.3, 0.4) is 0 Å². The summed E-state index contributed by atoms with van der Waals surface area (Å²) in [4.78, 5) is 7.62. The number of ether oxygens (including phenoxy) is 1. The van der Waals surface area contributed by atoms with Gasteiger partial charge < -0.3 is 13.9 Å². The number of morpholine rings is 1. The summed E-state index contributed by atoms with van der Waals surface area (Å²) in [6, 6.07) is 9.93. The van der Waals surface area contributed by atoms with Crippen LogP contribution in [-0.2, 0) is 34.4 Å². The van der Waals surface area contributed by atoms with Gasteiger partial charge in [-0.25, -0.2) is 13.4 Å². The Balaban J connectivity index is 1.46. The Morgan fingerprint density at radius 3 is 2.71 bits per heavy atom. The first-order valence-corrected chi connectivity index (χ1v) is 12.4. The molecule has 1 atom stereocenters. The Bertz CT molecular complexity index is 1190. The molecular weight excluding hydrogens is 414 g/mol. The molecule has 0 aliphatic carbocycles. The Hall–Kier alpha value is -2.20.